The van der Waals surface area contributed by atoms with Gasteiger partial charge in [-0.15, -0.1) is 11.3 Å². The molecule has 4 aromatic rings. The summed E-state index contributed by atoms with van der Waals surface area (Å²) in [5.41, 5.74) is 6.69. The Morgan fingerprint density at radius 3 is 2.40 bits per heavy atom. The van der Waals surface area contributed by atoms with Crippen LogP contribution >= 0.6 is 11.3 Å². The van der Waals surface area contributed by atoms with E-state index in [0.29, 0.717) is 25.6 Å². The van der Waals surface area contributed by atoms with Crippen LogP contribution in [0.25, 0.3) is 11.1 Å². The van der Waals surface area contributed by atoms with Gasteiger partial charge in [-0.1, -0.05) is 56.3 Å². The minimum absolute atomic E-state index is 0.0198. The number of hydrogen-bond acceptors (Lipinski definition) is 7. The SMILES string of the molecule is CC(C)C[C@H](Nc1cscc1-c1ccc(N2CCNCC2)cc1)C(=O)NCCNc1ccc(OCc2ccccc2)cc1. The molecule has 0 unspecified atom stereocenters. The Kier molecular flexibility index (Phi) is 10.9. The number of nitrogens with zero attached hydrogens (tertiary/aromatic N) is 1. The quantitative estimate of drug-likeness (QED) is 0.125. The minimum atomic E-state index is -0.311. The molecule has 0 radical (unpaired) electrons. The zero-order valence-corrected chi connectivity index (χ0v) is 26.0. The Labute approximate surface area is 259 Å². The Bertz CT molecular complexity index is 1400. The van der Waals surface area contributed by atoms with Crippen molar-refractivity contribution in [2.24, 2.45) is 5.92 Å². The predicted molar refractivity (Wildman–Crippen MR) is 180 cm³/mol. The van der Waals surface area contributed by atoms with Crippen LogP contribution in [0.15, 0.2) is 89.6 Å². The molecule has 226 valence electrons. The number of piperazine rings is 1. The lowest BCUT2D eigenvalue weighted by molar-refractivity contribution is -0.122. The fraction of sp³-hybridized carbons (Fsp3) is 0.343. The van der Waals surface area contributed by atoms with E-state index in [0.717, 1.165) is 66.4 Å². The Morgan fingerprint density at radius 2 is 1.67 bits per heavy atom. The van der Waals surface area contributed by atoms with Crippen LogP contribution in [0.3, 0.4) is 0 Å². The summed E-state index contributed by atoms with van der Waals surface area (Å²) >= 11 is 1.66. The first kappa shape index (κ1) is 30.4. The van der Waals surface area contributed by atoms with Gasteiger partial charge >= 0.3 is 0 Å². The third kappa shape index (κ3) is 8.99. The Hall–Kier alpha value is -4.01. The first-order valence-electron chi connectivity index (χ1n) is 15.2. The number of benzene rings is 3. The number of carbonyl (C=O) groups excluding carboxylic acids is 1. The van der Waals surface area contributed by atoms with E-state index in [9.17, 15) is 4.79 Å². The summed E-state index contributed by atoms with van der Waals surface area (Å²) in [6.07, 6.45) is 0.751. The molecule has 1 saturated heterocycles. The first-order valence-corrected chi connectivity index (χ1v) is 16.2. The van der Waals surface area contributed by atoms with Crippen LogP contribution in [0, 0.1) is 5.92 Å². The maximum atomic E-state index is 13.3. The normalized spacial score (nSPS) is 13.9. The number of carbonyl (C=O) groups is 1. The standard InChI is InChI=1S/C35H43N5O2S/c1-26(2)22-33(39-34-25-43-24-32(34)28-8-12-30(13-9-28)40-20-18-36-19-21-40)35(41)38-17-16-37-29-10-14-31(15-11-29)42-23-27-6-4-3-5-7-27/h3-15,24-26,33,36-37,39H,16-23H2,1-2H3,(H,38,41)/t33-/m0/s1. The van der Waals surface area contributed by atoms with E-state index in [1.807, 2.05) is 42.5 Å². The summed E-state index contributed by atoms with van der Waals surface area (Å²) in [7, 11) is 0. The number of nitrogens with one attached hydrogen (secondary N) is 4. The highest BCUT2D eigenvalue weighted by Crippen LogP contribution is 2.34. The smallest absolute Gasteiger partial charge is 0.242 e. The summed E-state index contributed by atoms with van der Waals surface area (Å²) in [5.74, 6) is 1.23. The van der Waals surface area contributed by atoms with Gasteiger partial charge in [0.05, 0.1) is 5.69 Å². The average molecular weight is 598 g/mol. The number of thiophene rings is 1. The molecule has 0 aliphatic carbocycles. The number of amides is 1. The molecule has 1 amide bonds. The number of rotatable bonds is 14. The second kappa shape index (κ2) is 15.5. The molecule has 1 aliphatic rings. The summed E-state index contributed by atoms with van der Waals surface area (Å²) in [4.78, 5) is 15.7. The molecule has 2 heterocycles. The van der Waals surface area contributed by atoms with Crippen molar-refractivity contribution in [3.05, 3.63) is 95.2 Å². The van der Waals surface area contributed by atoms with Crippen molar-refractivity contribution in [2.75, 3.05) is 54.8 Å². The van der Waals surface area contributed by atoms with Gasteiger partial charge in [-0.3, -0.25) is 4.79 Å². The van der Waals surface area contributed by atoms with Gasteiger partial charge < -0.3 is 30.9 Å². The molecule has 7 nitrogen and oxygen atoms in total. The van der Waals surface area contributed by atoms with Gasteiger partial charge in [-0.05, 0) is 59.9 Å². The van der Waals surface area contributed by atoms with Gasteiger partial charge in [0.1, 0.15) is 18.4 Å². The van der Waals surface area contributed by atoms with E-state index in [-0.39, 0.29) is 11.9 Å². The Balaban J connectivity index is 1.11. The van der Waals surface area contributed by atoms with Crippen LogP contribution in [-0.4, -0.2) is 51.2 Å². The van der Waals surface area contributed by atoms with E-state index in [1.54, 1.807) is 11.3 Å². The van der Waals surface area contributed by atoms with Crippen molar-refractivity contribution in [3.63, 3.8) is 0 Å². The summed E-state index contributed by atoms with van der Waals surface area (Å²) in [6.45, 7) is 10.1. The van der Waals surface area contributed by atoms with Crippen molar-refractivity contribution in [1.29, 1.82) is 0 Å². The van der Waals surface area contributed by atoms with Crippen LogP contribution in [-0.2, 0) is 11.4 Å². The maximum Gasteiger partial charge on any atom is 0.242 e. The average Bonchev–Trinajstić information content (AvgIpc) is 3.51. The molecule has 3 aromatic carbocycles. The van der Waals surface area contributed by atoms with Crippen LogP contribution < -0.4 is 30.9 Å². The fourth-order valence-corrected chi connectivity index (χ4v) is 6.02. The molecule has 43 heavy (non-hydrogen) atoms. The highest BCUT2D eigenvalue weighted by atomic mass is 32.1. The molecule has 1 fully saturated rings. The fourth-order valence-electron chi connectivity index (χ4n) is 5.22. The second-order valence-corrected chi connectivity index (χ2v) is 12.1. The van der Waals surface area contributed by atoms with Gasteiger partial charge in [0.25, 0.3) is 0 Å². The van der Waals surface area contributed by atoms with Crippen LogP contribution in [0.5, 0.6) is 5.75 Å². The van der Waals surface area contributed by atoms with E-state index >= 15 is 0 Å². The lowest BCUT2D eigenvalue weighted by Crippen LogP contribution is -2.43. The number of hydrogen-bond donors (Lipinski definition) is 4. The highest BCUT2D eigenvalue weighted by molar-refractivity contribution is 7.08. The molecule has 0 spiro atoms. The third-order valence-electron chi connectivity index (χ3n) is 7.53. The molecule has 1 aromatic heterocycles. The van der Waals surface area contributed by atoms with Gasteiger partial charge in [0.2, 0.25) is 5.91 Å². The van der Waals surface area contributed by atoms with Crippen molar-refractivity contribution in [1.82, 2.24) is 10.6 Å². The van der Waals surface area contributed by atoms with Gasteiger partial charge in [0, 0.05) is 67.0 Å². The number of ether oxygens (including phenoxy) is 1. The van der Waals surface area contributed by atoms with E-state index in [1.165, 1.54) is 5.69 Å². The second-order valence-electron chi connectivity index (χ2n) is 11.3. The van der Waals surface area contributed by atoms with Crippen molar-refractivity contribution < 1.29 is 9.53 Å². The molecule has 1 aliphatic heterocycles. The molecular formula is C35H43N5O2S. The van der Waals surface area contributed by atoms with Gasteiger partial charge in [-0.2, -0.15) is 0 Å². The lowest BCUT2D eigenvalue weighted by atomic mass is 10.0. The molecular weight excluding hydrogens is 554 g/mol. The molecule has 0 saturated carbocycles. The predicted octanol–water partition coefficient (Wildman–Crippen LogP) is 6.46. The molecule has 1 atom stereocenters. The summed E-state index contributed by atoms with van der Waals surface area (Å²) in [5, 5.41) is 17.8. The monoisotopic (exact) mass is 597 g/mol. The molecule has 8 heteroatoms. The van der Waals surface area contributed by atoms with Crippen LogP contribution in [0.4, 0.5) is 17.1 Å². The minimum Gasteiger partial charge on any atom is -0.489 e. The summed E-state index contributed by atoms with van der Waals surface area (Å²) in [6, 6.07) is 26.5. The summed E-state index contributed by atoms with van der Waals surface area (Å²) < 4.78 is 5.88. The molecule has 4 N–H and O–H groups in total. The first-order chi connectivity index (χ1) is 21.0. The topological polar surface area (TPSA) is 77.7 Å². The zero-order valence-electron chi connectivity index (χ0n) is 25.1. The largest absolute Gasteiger partial charge is 0.489 e. The highest BCUT2D eigenvalue weighted by Gasteiger charge is 2.21. The molecule has 0 bridgehead atoms. The maximum absolute atomic E-state index is 13.3. The van der Waals surface area contributed by atoms with Crippen LogP contribution in [0.1, 0.15) is 25.8 Å². The van der Waals surface area contributed by atoms with E-state index in [4.69, 9.17) is 4.74 Å². The van der Waals surface area contributed by atoms with Crippen molar-refractivity contribution in [2.45, 2.75) is 32.9 Å². The van der Waals surface area contributed by atoms with Gasteiger partial charge in [0.15, 0.2) is 0 Å². The zero-order chi connectivity index (χ0) is 29.9. The van der Waals surface area contributed by atoms with Crippen molar-refractivity contribution >= 4 is 34.3 Å². The van der Waals surface area contributed by atoms with Crippen molar-refractivity contribution in [3.8, 4) is 16.9 Å². The lowest BCUT2D eigenvalue weighted by Gasteiger charge is -2.29. The third-order valence-corrected chi connectivity index (χ3v) is 8.28. The van der Waals surface area contributed by atoms with E-state index in [2.05, 4.69) is 87.2 Å². The number of anilines is 3. The van der Waals surface area contributed by atoms with Gasteiger partial charge in [-0.25, -0.2) is 0 Å². The Morgan fingerprint density at radius 1 is 0.930 bits per heavy atom. The van der Waals surface area contributed by atoms with E-state index < -0.39 is 0 Å². The van der Waals surface area contributed by atoms with Crippen LogP contribution in [0.2, 0.25) is 0 Å². The molecule has 5 rings (SSSR count).